The van der Waals surface area contributed by atoms with Gasteiger partial charge in [0.15, 0.2) is 11.4 Å². The molecule has 0 atom stereocenters. The Hall–Kier alpha value is -2.43. The summed E-state index contributed by atoms with van der Waals surface area (Å²) in [4.78, 5) is 17.8. The van der Waals surface area contributed by atoms with Gasteiger partial charge in [0, 0.05) is 11.6 Å². The van der Waals surface area contributed by atoms with Crippen molar-refractivity contribution in [1.29, 1.82) is 0 Å². The minimum absolute atomic E-state index is 0.144. The van der Waals surface area contributed by atoms with E-state index in [2.05, 4.69) is 9.97 Å². The molecule has 0 amide bonds. The van der Waals surface area contributed by atoms with E-state index in [1.807, 2.05) is 0 Å². The average molecular weight is 230 g/mol. The normalized spacial score (nSPS) is 10.9. The van der Waals surface area contributed by atoms with Gasteiger partial charge in [-0.25, -0.2) is 9.37 Å². The molecule has 0 aliphatic heterocycles. The summed E-state index contributed by atoms with van der Waals surface area (Å²) in [6.07, 6.45) is 2.67. The molecule has 0 saturated carbocycles. The zero-order valence-corrected chi connectivity index (χ0v) is 8.61. The SMILES string of the molecule is O=c1[nH]cncc1-c1cc2cccc(F)c2o1. The van der Waals surface area contributed by atoms with Crippen LogP contribution in [-0.4, -0.2) is 9.97 Å². The predicted molar refractivity (Wildman–Crippen MR) is 60.0 cm³/mol. The van der Waals surface area contributed by atoms with Crippen molar-refractivity contribution in [2.24, 2.45) is 0 Å². The lowest BCUT2D eigenvalue weighted by atomic mass is 10.2. The van der Waals surface area contributed by atoms with Crippen LogP contribution in [0.15, 0.2) is 46.0 Å². The van der Waals surface area contributed by atoms with Gasteiger partial charge in [-0.2, -0.15) is 0 Å². The smallest absolute Gasteiger partial charge is 0.261 e. The Labute approximate surface area is 94.7 Å². The summed E-state index contributed by atoms with van der Waals surface area (Å²) >= 11 is 0. The quantitative estimate of drug-likeness (QED) is 0.697. The molecule has 0 spiro atoms. The van der Waals surface area contributed by atoms with Crippen molar-refractivity contribution in [3.8, 4) is 11.3 Å². The molecule has 1 aromatic carbocycles. The van der Waals surface area contributed by atoms with Crippen LogP contribution in [0.5, 0.6) is 0 Å². The number of fused-ring (bicyclic) bond motifs is 1. The van der Waals surface area contributed by atoms with E-state index >= 15 is 0 Å². The maximum absolute atomic E-state index is 13.4. The number of halogens is 1. The molecule has 0 radical (unpaired) electrons. The third-order valence-corrected chi connectivity index (χ3v) is 2.48. The highest BCUT2D eigenvalue weighted by molar-refractivity contribution is 5.82. The molecule has 84 valence electrons. The highest BCUT2D eigenvalue weighted by atomic mass is 19.1. The first-order chi connectivity index (χ1) is 8.25. The molecule has 3 rings (SSSR count). The number of hydrogen-bond donors (Lipinski definition) is 1. The minimum atomic E-state index is -0.450. The highest BCUT2D eigenvalue weighted by Crippen LogP contribution is 2.26. The number of nitrogens with one attached hydrogen (secondary N) is 1. The van der Waals surface area contributed by atoms with E-state index < -0.39 is 5.82 Å². The topological polar surface area (TPSA) is 58.9 Å². The Morgan fingerprint density at radius 1 is 1.35 bits per heavy atom. The van der Waals surface area contributed by atoms with Crippen LogP contribution in [0.4, 0.5) is 4.39 Å². The fourth-order valence-electron chi connectivity index (χ4n) is 1.68. The summed E-state index contributed by atoms with van der Waals surface area (Å²) in [5, 5.41) is 0.614. The Kier molecular flexibility index (Phi) is 2.04. The lowest BCUT2D eigenvalue weighted by Crippen LogP contribution is -2.07. The minimum Gasteiger partial charge on any atom is -0.453 e. The first kappa shape index (κ1) is 9.77. The summed E-state index contributed by atoms with van der Waals surface area (Å²) in [7, 11) is 0. The zero-order chi connectivity index (χ0) is 11.8. The largest absolute Gasteiger partial charge is 0.453 e. The number of hydrogen-bond acceptors (Lipinski definition) is 3. The number of para-hydroxylation sites is 1. The Balaban J connectivity index is 2.30. The van der Waals surface area contributed by atoms with Crippen LogP contribution in [0.3, 0.4) is 0 Å². The van der Waals surface area contributed by atoms with Gasteiger partial charge >= 0.3 is 0 Å². The molecular formula is C12H7FN2O2. The van der Waals surface area contributed by atoms with Crippen molar-refractivity contribution >= 4 is 11.0 Å². The second-order valence-corrected chi connectivity index (χ2v) is 3.56. The highest BCUT2D eigenvalue weighted by Gasteiger charge is 2.11. The molecule has 0 fully saturated rings. The molecule has 0 unspecified atom stereocenters. The molecule has 5 heteroatoms. The van der Waals surface area contributed by atoms with Crippen molar-refractivity contribution in [2.75, 3.05) is 0 Å². The molecule has 17 heavy (non-hydrogen) atoms. The first-order valence-corrected chi connectivity index (χ1v) is 4.97. The van der Waals surface area contributed by atoms with Gasteiger partial charge in [0.25, 0.3) is 5.56 Å². The maximum Gasteiger partial charge on any atom is 0.261 e. The fourth-order valence-corrected chi connectivity index (χ4v) is 1.68. The second-order valence-electron chi connectivity index (χ2n) is 3.56. The summed E-state index contributed by atoms with van der Waals surface area (Å²) in [5.74, 6) is -0.145. The van der Waals surface area contributed by atoms with Crippen LogP contribution in [0.25, 0.3) is 22.3 Å². The molecule has 0 saturated heterocycles. The fraction of sp³-hybridized carbons (Fsp3) is 0. The lowest BCUT2D eigenvalue weighted by Gasteiger charge is -1.92. The van der Waals surface area contributed by atoms with Crippen LogP contribution < -0.4 is 5.56 Å². The van der Waals surface area contributed by atoms with E-state index in [0.29, 0.717) is 11.1 Å². The lowest BCUT2D eigenvalue weighted by molar-refractivity contribution is 0.568. The third-order valence-electron chi connectivity index (χ3n) is 2.48. The third kappa shape index (κ3) is 1.52. The van der Waals surface area contributed by atoms with Crippen molar-refractivity contribution in [3.05, 3.63) is 53.0 Å². The monoisotopic (exact) mass is 230 g/mol. The second kappa shape index (κ2) is 3.55. The van der Waals surface area contributed by atoms with Crippen LogP contribution >= 0.6 is 0 Å². The van der Waals surface area contributed by atoms with Crippen LogP contribution in [0.2, 0.25) is 0 Å². The van der Waals surface area contributed by atoms with Crippen LogP contribution in [0.1, 0.15) is 0 Å². The van der Waals surface area contributed by atoms with Gasteiger partial charge in [0.1, 0.15) is 11.3 Å². The van der Waals surface area contributed by atoms with E-state index in [4.69, 9.17) is 4.42 Å². The number of furan rings is 1. The average Bonchev–Trinajstić information content (AvgIpc) is 2.75. The first-order valence-electron chi connectivity index (χ1n) is 4.97. The molecule has 0 aliphatic carbocycles. The molecule has 0 aliphatic rings. The molecular weight excluding hydrogens is 223 g/mol. The standard InChI is InChI=1S/C12H7FN2O2/c13-9-3-1-2-7-4-10(17-11(7)9)8-5-14-6-15-12(8)16/h1-6H,(H,14,15,16). The Bertz CT molecular complexity index is 745. The predicted octanol–water partition coefficient (Wildman–Crippen LogP) is 2.32. The molecule has 0 bridgehead atoms. The van der Waals surface area contributed by atoms with E-state index in [0.717, 1.165) is 0 Å². The van der Waals surface area contributed by atoms with Gasteiger partial charge in [0.2, 0.25) is 0 Å². The van der Waals surface area contributed by atoms with Gasteiger partial charge in [-0.1, -0.05) is 12.1 Å². The van der Waals surface area contributed by atoms with Crippen molar-refractivity contribution < 1.29 is 8.81 Å². The van der Waals surface area contributed by atoms with E-state index in [9.17, 15) is 9.18 Å². The molecule has 4 nitrogen and oxygen atoms in total. The number of aromatic nitrogens is 2. The molecule has 1 N–H and O–H groups in total. The number of H-pyrrole nitrogens is 1. The van der Waals surface area contributed by atoms with Crippen molar-refractivity contribution in [3.63, 3.8) is 0 Å². The summed E-state index contributed by atoms with van der Waals surface area (Å²) in [5.41, 5.74) is 0.105. The van der Waals surface area contributed by atoms with Gasteiger partial charge in [0.05, 0.1) is 6.33 Å². The van der Waals surface area contributed by atoms with E-state index in [1.54, 1.807) is 18.2 Å². The van der Waals surface area contributed by atoms with E-state index in [-0.39, 0.29) is 16.7 Å². The van der Waals surface area contributed by atoms with Crippen molar-refractivity contribution in [1.82, 2.24) is 9.97 Å². The van der Waals surface area contributed by atoms with Gasteiger partial charge in [-0.05, 0) is 12.1 Å². The zero-order valence-electron chi connectivity index (χ0n) is 8.61. The van der Waals surface area contributed by atoms with Gasteiger partial charge < -0.3 is 9.40 Å². The van der Waals surface area contributed by atoms with Crippen LogP contribution in [-0.2, 0) is 0 Å². The summed E-state index contributed by atoms with van der Waals surface area (Å²) < 4.78 is 18.8. The Morgan fingerprint density at radius 3 is 3.00 bits per heavy atom. The molecule has 2 aromatic heterocycles. The molecule has 3 aromatic rings. The summed E-state index contributed by atoms with van der Waals surface area (Å²) in [6, 6.07) is 6.23. The molecule has 2 heterocycles. The number of rotatable bonds is 1. The number of benzene rings is 1. The number of aromatic amines is 1. The van der Waals surface area contributed by atoms with E-state index in [1.165, 1.54) is 18.6 Å². The van der Waals surface area contributed by atoms with Gasteiger partial charge in [-0.15, -0.1) is 0 Å². The van der Waals surface area contributed by atoms with Gasteiger partial charge in [-0.3, -0.25) is 4.79 Å². The maximum atomic E-state index is 13.4. The Morgan fingerprint density at radius 2 is 2.24 bits per heavy atom. The van der Waals surface area contributed by atoms with Crippen molar-refractivity contribution in [2.45, 2.75) is 0 Å². The number of nitrogens with zero attached hydrogens (tertiary/aromatic N) is 1. The summed E-state index contributed by atoms with van der Waals surface area (Å²) in [6.45, 7) is 0. The van der Waals surface area contributed by atoms with Crippen LogP contribution in [0, 0.1) is 5.82 Å².